The molecule has 2 unspecified atom stereocenters. The van der Waals surface area contributed by atoms with Crippen molar-refractivity contribution in [3.8, 4) is 5.75 Å². The molecule has 2 N–H and O–H groups in total. The number of carbonyl (C=O) groups excluding carboxylic acids is 3. The molecule has 2 atom stereocenters. The fourth-order valence-electron chi connectivity index (χ4n) is 4.31. The zero-order valence-electron chi connectivity index (χ0n) is 16.7. The predicted octanol–water partition coefficient (Wildman–Crippen LogP) is 2.94. The van der Waals surface area contributed by atoms with Gasteiger partial charge in [-0.25, -0.2) is 4.79 Å². The van der Waals surface area contributed by atoms with Gasteiger partial charge in [-0.1, -0.05) is 50.2 Å². The van der Waals surface area contributed by atoms with Crippen LogP contribution in [0.2, 0.25) is 0 Å². The molecule has 4 rings (SSSR count). The number of carbonyl (C=O) groups is 3. The summed E-state index contributed by atoms with van der Waals surface area (Å²) in [6, 6.07) is 12.4. The van der Waals surface area contributed by atoms with Crippen LogP contribution in [0.5, 0.6) is 5.75 Å². The fraction of sp³-hybridized carbons (Fsp3) is 0.318. The number of alkyl carbamates (subject to hydrolysis) is 1. The molecule has 2 aliphatic rings. The molecule has 2 amide bonds. The van der Waals surface area contributed by atoms with E-state index in [1.54, 1.807) is 30.3 Å². The van der Waals surface area contributed by atoms with Crippen molar-refractivity contribution in [2.75, 3.05) is 7.11 Å². The number of nitrogens with one attached hydrogen (secondary N) is 2. The van der Waals surface area contributed by atoms with E-state index in [4.69, 9.17) is 9.47 Å². The molecule has 29 heavy (non-hydrogen) atoms. The number of methoxy groups -OCH3 is 1. The van der Waals surface area contributed by atoms with E-state index in [1.165, 1.54) is 14.0 Å². The van der Waals surface area contributed by atoms with Crippen LogP contribution in [0.3, 0.4) is 0 Å². The predicted molar refractivity (Wildman–Crippen MR) is 105 cm³/mol. The highest BCUT2D eigenvalue weighted by Gasteiger charge is 2.72. The maximum Gasteiger partial charge on any atom is 0.410 e. The Bertz CT molecular complexity index is 1050. The van der Waals surface area contributed by atoms with Gasteiger partial charge in [0.05, 0.1) is 7.11 Å². The maximum absolute atomic E-state index is 13.7. The highest BCUT2D eigenvalue weighted by Crippen LogP contribution is 2.58. The van der Waals surface area contributed by atoms with Crippen LogP contribution in [-0.4, -0.2) is 24.9 Å². The smallest absolute Gasteiger partial charge is 0.410 e. The number of ketones is 1. The number of hydrogen-bond acceptors (Lipinski definition) is 5. The van der Waals surface area contributed by atoms with Crippen LogP contribution < -0.4 is 15.4 Å². The van der Waals surface area contributed by atoms with Gasteiger partial charge in [0.2, 0.25) is 11.6 Å². The molecule has 0 bridgehead atoms. The minimum absolute atomic E-state index is 0.230. The van der Waals surface area contributed by atoms with Gasteiger partial charge in [0.1, 0.15) is 5.75 Å². The molecule has 7 nitrogen and oxygen atoms in total. The summed E-state index contributed by atoms with van der Waals surface area (Å²) in [5.41, 5.74) is -0.952. The Balaban J connectivity index is 2.04. The van der Waals surface area contributed by atoms with Crippen molar-refractivity contribution in [3.63, 3.8) is 0 Å². The normalized spacial score (nSPS) is 23.7. The molecule has 1 aliphatic heterocycles. The molecule has 0 saturated heterocycles. The van der Waals surface area contributed by atoms with Gasteiger partial charge in [0.25, 0.3) is 0 Å². The maximum atomic E-state index is 13.7. The third kappa shape index (κ3) is 2.40. The molecule has 0 saturated carbocycles. The van der Waals surface area contributed by atoms with Gasteiger partial charge in [-0.3, -0.25) is 14.9 Å². The minimum atomic E-state index is -1.66. The molecule has 0 aromatic heterocycles. The molecular formula is C22H22N2O5. The number of rotatable bonds is 3. The van der Waals surface area contributed by atoms with E-state index in [-0.39, 0.29) is 11.7 Å². The zero-order chi connectivity index (χ0) is 21.0. The summed E-state index contributed by atoms with van der Waals surface area (Å²) >= 11 is 0. The second-order valence-electron chi connectivity index (χ2n) is 7.62. The third-order valence-electron chi connectivity index (χ3n) is 5.59. The standard InChI is InChI=1S/C22H22N2O5/c1-12(2)14-9-10-17-18(11-14)29-22(24-20(27)28-4)16-8-6-5-7-15(16)19(26)21(17,22)23-13(3)25/h5-12H,1-4H3,(H,23,25)(H,24,27). The van der Waals surface area contributed by atoms with Gasteiger partial charge >= 0.3 is 6.09 Å². The first-order chi connectivity index (χ1) is 13.8. The van der Waals surface area contributed by atoms with Gasteiger partial charge in [0, 0.05) is 23.6 Å². The molecule has 2 aromatic carbocycles. The largest absolute Gasteiger partial charge is 0.460 e. The summed E-state index contributed by atoms with van der Waals surface area (Å²) in [6.07, 6.45) is -0.777. The van der Waals surface area contributed by atoms with Crippen molar-refractivity contribution in [3.05, 3.63) is 64.7 Å². The molecule has 0 fully saturated rings. The van der Waals surface area contributed by atoms with Crippen molar-refractivity contribution in [1.29, 1.82) is 0 Å². The first-order valence-corrected chi connectivity index (χ1v) is 9.39. The van der Waals surface area contributed by atoms with E-state index < -0.39 is 23.3 Å². The molecule has 1 heterocycles. The van der Waals surface area contributed by atoms with Crippen molar-refractivity contribution in [2.45, 2.75) is 38.0 Å². The van der Waals surface area contributed by atoms with Gasteiger partial charge in [-0.2, -0.15) is 0 Å². The molecule has 0 spiro atoms. The molecule has 0 radical (unpaired) electrons. The van der Waals surface area contributed by atoms with E-state index in [0.717, 1.165) is 5.56 Å². The first kappa shape index (κ1) is 19.0. The summed E-state index contributed by atoms with van der Waals surface area (Å²) in [7, 11) is 1.23. The van der Waals surface area contributed by atoms with Crippen molar-refractivity contribution >= 4 is 17.8 Å². The Morgan fingerprint density at radius 3 is 2.45 bits per heavy atom. The Kier molecular flexibility index (Phi) is 4.15. The van der Waals surface area contributed by atoms with Gasteiger partial charge in [-0.05, 0) is 17.5 Å². The lowest BCUT2D eigenvalue weighted by Crippen LogP contribution is -2.66. The van der Waals surface area contributed by atoms with Crippen molar-refractivity contribution in [1.82, 2.24) is 10.6 Å². The Hall–Kier alpha value is -3.35. The van der Waals surface area contributed by atoms with Crippen LogP contribution in [0.15, 0.2) is 42.5 Å². The number of amides is 2. The molecule has 1 aliphatic carbocycles. The van der Waals surface area contributed by atoms with Crippen LogP contribution in [-0.2, 0) is 20.8 Å². The first-order valence-electron chi connectivity index (χ1n) is 9.39. The average Bonchev–Trinajstić information content (AvgIpc) is 3.06. The highest BCUT2D eigenvalue weighted by atomic mass is 16.6. The van der Waals surface area contributed by atoms with Gasteiger partial charge in [0.15, 0.2) is 11.3 Å². The van der Waals surface area contributed by atoms with Crippen LogP contribution in [0.25, 0.3) is 0 Å². The monoisotopic (exact) mass is 394 g/mol. The summed E-state index contributed by atoms with van der Waals surface area (Å²) in [5.74, 6) is -0.111. The lowest BCUT2D eigenvalue weighted by atomic mass is 9.80. The van der Waals surface area contributed by atoms with E-state index in [2.05, 4.69) is 10.6 Å². The van der Waals surface area contributed by atoms with Crippen LogP contribution in [0.4, 0.5) is 4.79 Å². The van der Waals surface area contributed by atoms with E-state index in [0.29, 0.717) is 22.4 Å². The number of hydrogen-bond donors (Lipinski definition) is 2. The SMILES string of the molecule is COC(=O)NC12Oc3cc(C(C)C)ccc3C1(NC(C)=O)C(=O)c1ccccc12. The van der Waals surface area contributed by atoms with E-state index >= 15 is 0 Å². The number of benzene rings is 2. The van der Waals surface area contributed by atoms with Crippen molar-refractivity contribution < 1.29 is 23.9 Å². The Morgan fingerprint density at radius 1 is 1.07 bits per heavy atom. The van der Waals surface area contributed by atoms with Gasteiger partial charge < -0.3 is 14.8 Å². The topological polar surface area (TPSA) is 93.7 Å². The third-order valence-corrected chi connectivity index (χ3v) is 5.59. The molecular weight excluding hydrogens is 372 g/mol. The van der Waals surface area contributed by atoms with Crippen LogP contribution >= 0.6 is 0 Å². The Morgan fingerprint density at radius 2 is 1.79 bits per heavy atom. The molecule has 150 valence electrons. The van der Waals surface area contributed by atoms with Crippen molar-refractivity contribution in [2.24, 2.45) is 0 Å². The summed E-state index contributed by atoms with van der Waals surface area (Å²) < 4.78 is 11.2. The highest BCUT2D eigenvalue weighted by molar-refractivity contribution is 6.12. The minimum Gasteiger partial charge on any atom is -0.460 e. The van der Waals surface area contributed by atoms with Crippen LogP contribution in [0, 0.1) is 0 Å². The fourth-order valence-corrected chi connectivity index (χ4v) is 4.31. The molecule has 7 heteroatoms. The average molecular weight is 394 g/mol. The second kappa shape index (κ2) is 6.34. The van der Waals surface area contributed by atoms with E-state index in [1.807, 2.05) is 26.0 Å². The zero-order valence-corrected chi connectivity index (χ0v) is 16.7. The lowest BCUT2D eigenvalue weighted by molar-refractivity contribution is -0.123. The van der Waals surface area contributed by atoms with E-state index in [9.17, 15) is 14.4 Å². The van der Waals surface area contributed by atoms with Gasteiger partial charge in [-0.15, -0.1) is 0 Å². The summed E-state index contributed by atoms with van der Waals surface area (Å²) in [4.78, 5) is 38.3. The Labute approximate surface area is 168 Å². The lowest BCUT2D eigenvalue weighted by Gasteiger charge is -2.38. The summed E-state index contributed by atoms with van der Waals surface area (Å²) in [6.45, 7) is 5.42. The second-order valence-corrected chi connectivity index (χ2v) is 7.62. The number of fused-ring (bicyclic) bond motifs is 5. The number of ether oxygens (including phenoxy) is 2. The molecule has 2 aromatic rings. The summed E-state index contributed by atoms with van der Waals surface area (Å²) in [5, 5.41) is 5.52. The number of Topliss-reactive ketones (excluding diaryl/α,β-unsaturated/α-hetero) is 1. The quantitative estimate of drug-likeness (QED) is 0.835. The van der Waals surface area contributed by atoms with Crippen LogP contribution in [0.1, 0.15) is 53.7 Å².